The number of aromatic nitrogens is 3. The van der Waals surface area contributed by atoms with Crippen molar-refractivity contribution in [2.45, 2.75) is 4.90 Å². The van der Waals surface area contributed by atoms with E-state index in [2.05, 4.69) is 46.7 Å². The number of nitrogens with two attached hydrogens (primary N) is 1. The molecule has 7 N–H and O–H groups in total. The quantitative estimate of drug-likeness (QED) is 0.0320. The third-order valence-corrected chi connectivity index (χ3v) is 10.1. The Bertz CT molecular complexity index is 3010. The van der Waals surface area contributed by atoms with Gasteiger partial charge in [-0.25, -0.2) is 8.42 Å². The maximum atomic E-state index is 13.7. The van der Waals surface area contributed by atoms with Gasteiger partial charge in [-0.2, -0.15) is 20.1 Å². The maximum absolute atomic E-state index is 13.7. The lowest BCUT2D eigenvalue weighted by Crippen LogP contribution is -2.29. The van der Waals surface area contributed by atoms with E-state index in [4.69, 9.17) is 5.73 Å². The summed E-state index contributed by atoms with van der Waals surface area (Å²) in [5.74, 6) is -3.06. The van der Waals surface area contributed by atoms with E-state index in [0.29, 0.717) is 28.4 Å². The second-order valence-corrected chi connectivity index (χ2v) is 14.6. The molecule has 0 saturated carbocycles. The molecule has 0 aliphatic heterocycles. The van der Waals surface area contributed by atoms with Gasteiger partial charge < -0.3 is 41.5 Å². The molecule has 18 nitrogen and oxygen atoms in total. The van der Waals surface area contributed by atoms with Crippen LogP contribution in [0.2, 0.25) is 0 Å². The smallest absolute Gasteiger partial charge is 0.233 e. The number of aliphatic carboxylic acids is 1. The topological polar surface area (TPSA) is 286 Å². The van der Waals surface area contributed by atoms with E-state index in [1.807, 2.05) is 30.3 Å². The summed E-state index contributed by atoms with van der Waals surface area (Å²) in [6.07, 6.45) is 3.58. The molecule has 0 spiro atoms. The number of fused-ring (bicyclic) bond motifs is 2. The van der Waals surface area contributed by atoms with Crippen LogP contribution in [0.1, 0.15) is 31.8 Å². The number of hydrogen-bond donors (Lipinski definition) is 6. The van der Waals surface area contributed by atoms with Gasteiger partial charge >= 0.3 is 0 Å². The van der Waals surface area contributed by atoms with Crippen molar-refractivity contribution in [2.75, 3.05) is 32.4 Å². The molecule has 0 radical (unpaired) electrons. The zero-order chi connectivity index (χ0) is 42.8. The van der Waals surface area contributed by atoms with Crippen LogP contribution in [0.4, 0.5) is 57.7 Å². The molecular formula is C42H28N10O8S-2. The zero-order valence-corrected chi connectivity index (χ0v) is 32.0. The summed E-state index contributed by atoms with van der Waals surface area (Å²) in [7, 11) is -5.16. The number of hydrazone groups is 1. The van der Waals surface area contributed by atoms with Crippen LogP contribution in [0.5, 0.6) is 0 Å². The van der Waals surface area contributed by atoms with Crippen LogP contribution in [0.25, 0.3) is 0 Å². The van der Waals surface area contributed by atoms with E-state index in [0.717, 1.165) is 18.2 Å². The highest BCUT2D eigenvalue weighted by Crippen LogP contribution is 2.40. The Kier molecular flexibility index (Phi) is 10.3. The molecule has 1 heterocycles. The van der Waals surface area contributed by atoms with Gasteiger partial charge in [-0.3, -0.25) is 19.8 Å². The fourth-order valence-electron chi connectivity index (χ4n) is 6.35. The van der Waals surface area contributed by atoms with Gasteiger partial charge in [-0.15, -0.1) is 0 Å². The molecule has 1 aromatic heterocycles. The van der Waals surface area contributed by atoms with Gasteiger partial charge in [0.2, 0.25) is 17.8 Å². The molecule has 0 saturated heterocycles. The summed E-state index contributed by atoms with van der Waals surface area (Å²) in [5.41, 5.74) is 10.2. The Balaban J connectivity index is 1.03. The van der Waals surface area contributed by atoms with Crippen LogP contribution in [0.15, 0.2) is 143 Å². The molecule has 5 aromatic carbocycles. The van der Waals surface area contributed by atoms with E-state index in [1.54, 1.807) is 60.7 Å². The fourth-order valence-corrected chi connectivity index (χ4v) is 6.98. The van der Waals surface area contributed by atoms with E-state index >= 15 is 0 Å². The number of carboxylic acid groups (broad SMARTS) is 1. The number of carboxylic acids is 1. The van der Waals surface area contributed by atoms with Gasteiger partial charge in [-0.05, 0) is 85.0 Å². The summed E-state index contributed by atoms with van der Waals surface area (Å²) in [6, 6.07) is 29.5. The van der Waals surface area contributed by atoms with E-state index in [9.17, 15) is 37.3 Å². The Labute approximate surface area is 345 Å². The molecule has 0 unspecified atom stereocenters. The first-order chi connectivity index (χ1) is 29.3. The zero-order valence-electron chi connectivity index (χ0n) is 31.2. The Morgan fingerprint density at radius 2 is 1.10 bits per heavy atom. The minimum absolute atomic E-state index is 0.0361. The maximum Gasteiger partial charge on any atom is 0.233 e. The fraction of sp³-hybridized carbons (Fsp3) is 0. The number of ketones is 3. The predicted octanol–water partition coefficient (Wildman–Crippen LogP) is 4.69. The number of carbonyl (C=O) groups excluding carboxylic acids is 4. The molecular weight excluding hydrogens is 805 g/mol. The van der Waals surface area contributed by atoms with Crippen molar-refractivity contribution < 1.29 is 37.3 Å². The molecule has 19 heteroatoms. The van der Waals surface area contributed by atoms with Gasteiger partial charge in [0, 0.05) is 39.4 Å². The molecule has 0 bridgehead atoms. The van der Waals surface area contributed by atoms with Crippen molar-refractivity contribution in [3.8, 4) is 0 Å². The summed E-state index contributed by atoms with van der Waals surface area (Å²) in [4.78, 5) is 62.9. The Morgan fingerprint density at radius 1 is 0.623 bits per heavy atom. The van der Waals surface area contributed by atoms with Gasteiger partial charge in [-0.1, -0.05) is 42.5 Å². The lowest BCUT2D eigenvalue weighted by molar-refractivity contribution is -0.298. The normalized spacial score (nSPS) is 13.8. The van der Waals surface area contributed by atoms with Crippen molar-refractivity contribution in [1.29, 1.82) is 0 Å². The molecule has 8 rings (SSSR count). The number of para-hydroxylation sites is 1. The van der Waals surface area contributed by atoms with Crippen LogP contribution >= 0.6 is 0 Å². The Morgan fingerprint density at radius 3 is 1.62 bits per heavy atom. The predicted molar refractivity (Wildman–Crippen MR) is 223 cm³/mol. The highest BCUT2D eigenvalue weighted by Gasteiger charge is 2.35. The molecule has 302 valence electrons. The van der Waals surface area contributed by atoms with Crippen LogP contribution in [0, 0.1) is 0 Å². The molecule has 0 atom stereocenters. The number of nitrogens with zero attached hydrogens (tertiary/aromatic N) is 4. The second-order valence-electron chi connectivity index (χ2n) is 13.3. The van der Waals surface area contributed by atoms with E-state index in [1.165, 1.54) is 18.2 Å². The molecule has 0 amide bonds. The lowest BCUT2D eigenvalue weighted by Gasteiger charge is -2.25. The molecule has 0 fully saturated rings. The number of nitrogens with one attached hydrogen (secondary N) is 5. The number of hydrogen-bond acceptors (Lipinski definition) is 18. The highest BCUT2D eigenvalue weighted by molar-refractivity contribution is 7.86. The number of nitrogen functional groups attached to an aromatic ring is 1. The van der Waals surface area contributed by atoms with Crippen LogP contribution in [-0.4, -0.2) is 57.0 Å². The molecule has 2 aliphatic carbocycles. The number of allylic oxidation sites excluding steroid dienone is 3. The third-order valence-electron chi connectivity index (χ3n) is 9.19. The first-order valence-corrected chi connectivity index (χ1v) is 19.4. The second kappa shape index (κ2) is 16.0. The van der Waals surface area contributed by atoms with Crippen LogP contribution in [0.3, 0.4) is 0 Å². The third kappa shape index (κ3) is 8.39. The van der Waals surface area contributed by atoms with Crippen molar-refractivity contribution in [1.82, 2.24) is 15.0 Å². The van der Waals surface area contributed by atoms with Crippen LogP contribution < -0.4 is 37.5 Å². The monoisotopic (exact) mass is 832 g/mol. The minimum atomic E-state index is -5.16. The molecule has 6 aromatic rings. The summed E-state index contributed by atoms with van der Waals surface area (Å²) in [6.45, 7) is 0. The highest BCUT2D eigenvalue weighted by atomic mass is 32.2. The number of anilines is 10. The number of benzene rings is 5. The Hall–Kier alpha value is -8.55. The average molecular weight is 833 g/mol. The van der Waals surface area contributed by atoms with Crippen molar-refractivity contribution >= 4 is 96.8 Å². The summed E-state index contributed by atoms with van der Waals surface area (Å²) >= 11 is 0. The van der Waals surface area contributed by atoms with Gasteiger partial charge in [0.25, 0.3) is 0 Å². The average Bonchev–Trinajstić information content (AvgIpc) is 3.24. The number of carbonyl (C=O) groups is 4. The summed E-state index contributed by atoms with van der Waals surface area (Å²) in [5, 5.41) is 27.7. The van der Waals surface area contributed by atoms with Gasteiger partial charge in [0.1, 0.15) is 10.1 Å². The number of rotatable bonds is 12. The van der Waals surface area contributed by atoms with Crippen molar-refractivity contribution in [2.24, 2.45) is 5.10 Å². The minimum Gasteiger partial charge on any atom is -0.744 e. The van der Waals surface area contributed by atoms with E-state index in [-0.39, 0.29) is 51.5 Å². The van der Waals surface area contributed by atoms with Crippen molar-refractivity contribution in [3.63, 3.8) is 0 Å². The molecule has 61 heavy (non-hydrogen) atoms. The first-order valence-electron chi connectivity index (χ1n) is 18.0. The van der Waals surface area contributed by atoms with Crippen molar-refractivity contribution in [3.05, 3.63) is 155 Å². The molecule has 2 aliphatic rings. The SMILES string of the molecule is Nc1c(S(=O)(=O)[O-])cc(Nc2ccc(Nc3nc(Nc4ccccc4)nc(Nc4ccc(NN=C5C=CC(=O)C(C(=O)[O-])=C5)cc4)n3)cc2)c2c1C(=O)c1ccccc1C2=O. The van der Waals surface area contributed by atoms with Gasteiger partial charge in [0.05, 0.1) is 44.8 Å². The largest absolute Gasteiger partial charge is 0.744 e. The summed E-state index contributed by atoms with van der Waals surface area (Å²) < 4.78 is 36.7. The lowest BCUT2D eigenvalue weighted by atomic mass is 9.82. The van der Waals surface area contributed by atoms with E-state index < -0.39 is 49.6 Å². The first kappa shape index (κ1) is 39.3. The van der Waals surface area contributed by atoms with Crippen LogP contribution in [-0.2, 0) is 19.7 Å². The van der Waals surface area contributed by atoms with Gasteiger partial charge in [0.15, 0.2) is 17.3 Å². The standard InChI is InChI=1S/C42H30N10O8S/c43-36-33(61(58,59)60)21-31(34-35(36)38(55)29-9-5-4-8-28(29)37(34)54)44-23-10-12-24(13-11-23)46-41-48-40(45-22-6-2-1-3-7-22)49-42(50-41)47-25-14-16-26(17-15-25)51-52-27-18-19-32(53)30(20-27)39(56)57/h1-21,44,51H,43H2,(H,56,57)(H,58,59,60)(H3,45,46,47,48,49,50)/p-2.